The standard InChI is InChI=1S/C12H19F3N2O3/c1-8-9(2-7-20-8)16-10(18)17-5-3-11(19,4-6-17)12(13,14)15/h8-9,19H,2-7H2,1H3,(H,16,18)/t8-,9+/m0/s1. The number of nitrogens with one attached hydrogen (secondary N) is 1. The third-order valence-electron chi connectivity index (χ3n) is 4.09. The molecule has 0 aromatic rings. The van der Waals surface area contributed by atoms with Crippen LogP contribution in [0.3, 0.4) is 0 Å². The number of urea groups is 1. The second-order valence-corrected chi connectivity index (χ2v) is 5.44. The normalized spacial score (nSPS) is 30.4. The molecule has 5 nitrogen and oxygen atoms in total. The van der Waals surface area contributed by atoms with Gasteiger partial charge in [0.25, 0.3) is 0 Å². The van der Waals surface area contributed by atoms with Crippen LogP contribution in [0, 0.1) is 0 Å². The van der Waals surface area contributed by atoms with Gasteiger partial charge >= 0.3 is 12.2 Å². The maximum absolute atomic E-state index is 12.6. The lowest BCUT2D eigenvalue weighted by atomic mass is 9.91. The summed E-state index contributed by atoms with van der Waals surface area (Å²) in [4.78, 5) is 13.3. The summed E-state index contributed by atoms with van der Waals surface area (Å²) in [6.45, 7) is 2.20. The second-order valence-electron chi connectivity index (χ2n) is 5.44. The number of aliphatic hydroxyl groups is 1. The minimum Gasteiger partial charge on any atom is -0.380 e. The van der Waals surface area contributed by atoms with Crippen LogP contribution in [-0.2, 0) is 4.74 Å². The zero-order valence-electron chi connectivity index (χ0n) is 11.2. The first-order chi connectivity index (χ1) is 9.23. The van der Waals surface area contributed by atoms with Crippen molar-refractivity contribution in [3.8, 4) is 0 Å². The molecule has 116 valence electrons. The molecule has 0 aliphatic carbocycles. The molecule has 2 N–H and O–H groups in total. The summed E-state index contributed by atoms with van der Waals surface area (Å²) in [5.74, 6) is 0. The Kier molecular flexibility index (Phi) is 4.15. The van der Waals surface area contributed by atoms with Crippen molar-refractivity contribution in [2.45, 2.75) is 50.1 Å². The summed E-state index contributed by atoms with van der Waals surface area (Å²) in [6, 6.07) is -0.498. The molecular formula is C12H19F3N2O3. The monoisotopic (exact) mass is 296 g/mol. The smallest absolute Gasteiger partial charge is 0.380 e. The minimum absolute atomic E-state index is 0.0872. The summed E-state index contributed by atoms with van der Waals surface area (Å²) in [6.07, 6.45) is -5.01. The molecule has 2 amide bonds. The van der Waals surface area contributed by atoms with E-state index in [1.807, 2.05) is 6.92 Å². The minimum atomic E-state index is -4.65. The average Bonchev–Trinajstić information content (AvgIpc) is 2.74. The summed E-state index contributed by atoms with van der Waals surface area (Å²) in [5, 5.41) is 12.3. The Hall–Kier alpha value is -1.02. The number of hydrogen-bond acceptors (Lipinski definition) is 3. The Morgan fingerprint density at radius 2 is 2.00 bits per heavy atom. The molecule has 20 heavy (non-hydrogen) atoms. The number of halogens is 3. The molecule has 2 atom stereocenters. The van der Waals surface area contributed by atoms with Crippen LogP contribution >= 0.6 is 0 Å². The van der Waals surface area contributed by atoms with Crippen molar-refractivity contribution in [3.63, 3.8) is 0 Å². The molecule has 0 bridgehead atoms. The average molecular weight is 296 g/mol. The van der Waals surface area contributed by atoms with Crippen LogP contribution in [0.1, 0.15) is 26.2 Å². The number of piperidine rings is 1. The van der Waals surface area contributed by atoms with Gasteiger partial charge in [0, 0.05) is 32.5 Å². The van der Waals surface area contributed by atoms with Gasteiger partial charge in [0.05, 0.1) is 12.1 Å². The van der Waals surface area contributed by atoms with Gasteiger partial charge in [-0.1, -0.05) is 0 Å². The summed E-state index contributed by atoms with van der Waals surface area (Å²) in [7, 11) is 0. The van der Waals surface area contributed by atoms with E-state index in [-0.39, 0.29) is 25.2 Å². The van der Waals surface area contributed by atoms with E-state index in [0.717, 1.165) is 0 Å². The van der Waals surface area contributed by atoms with Crippen molar-refractivity contribution in [1.29, 1.82) is 0 Å². The van der Waals surface area contributed by atoms with Gasteiger partial charge < -0.3 is 20.1 Å². The summed E-state index contributed by atoms with van der Waals surface area (Å²) in [5.41, 5.74) is -2.67. The molecule has 0 unspecified atom stereocenters. The predicted molar refractivity (Wildman–Crippen MR) is 64.2 cm³/mol. The number of carbonyl (C=O) groups excluding carboxylic acids is 1. The van der Waals surface area contributed by atoms with Crippen LogP contribution in [-0.4, -0.2) is 59.7 Å². The molecule has 8 heteroatoms. The van der Waals surface area contributed by atoms with Gasteiger partial charge in [-0.2, -0.15) is 13.2 Å². The van der Waals surface area contributed by atoms with Crippen molar-refractivity contribution < 1.29 is 27.8 Å². The number of ether oxygens (including phenoxy) is 1. The third kappa shape index (κ3) is 3.01. The molecule has 0 aromatic carbocycles. The Balaban J connectivity index is 1.86. The van der Waals surface area contributed by atoms with Gasteiger partial charge in [0.2, 0.25) is 0 Å². The molecule has 2 rings (SSSR count). The fraction of sp³-hybridized carbons (Fsp3) is 0.917. The molecule has 2 aliphatic rings. The van der Waals surface area contributed by atoms with Crippen LogP contribution in [0.25, 0.3) is 0 Å². The molecule has 0 spiro atoms. The Morgan fingerprint density at radius 1 is 1.40 bits per heavy atom. The van der Waals surface area contributed by atoms with Gasteiger partial charge in [-0.15, -0.1) is 0 Å². The van der Waals surface area contributed by atoms with Crippen LogP contribution in [0.2, 0.25) is 0 Å². The van der Waals surface area contributed by atoms with E-state index in [1.165, 1.54) is 4.90 Å². The highest BCUT2D eigenvalue weighted by atomic mass is 19.4. The van der Waals surface area contributed by atoms with E-state index < -0.39 is 30.7 Å². The van der Waals surface area contributed by atoms with Gasteiger partial charge in [0.15, 0.2) is 5.60 Å². The van der Waals surface area contributed by atoms with E-state index in [9.17, 15) is 23.1 Å². The van der Waals surface area contributed by atoms with Gasteiger partial charge in [-0.3, -0.25) is 0 Å². The zero-order valence-corrected chi connectivity index (χ0v) is 11.2. The van der Waals surface area contributed by atoms with Gasteiger partial charge in [-0.05, 0) is 13.3 Å². The maximum Gasteiger partial charge on any atom is 0.417 e. The first-order valence-electron chi connectivity index (χ1n) is 6.69. The highest BCUT2D eigenvalue weighted by Gasteiger charge is 2.55. The van der Waals surface area contributed by atoms with Crippen molar-refractivity contribution in [1.82, 2.24) is 10.2 Å². The predicted octanol–water partition coefficient (Wildman–Crippen LogP) is 1.26. The number of nitrogens with zero attached hydrogens (tertiary/aromatic N) is 1. The number of likely N-dealkylation sites (tertiary alicyclic amines) is 1. The second kappa shape index (κ2) is 5.40. The molecule has 2 heterocycles. The van der Waals surface area contributed by atoms with Crippen LogP contribution in [0.5, 0.6) is 0 Å². The molecule has 2 fully saturated rings. The molecule has 0 aromatic heterocycles. The zero-order chi connectivity index (χ0) is 15.0. The van der Waals surface area contributed by atoms with E-state index in [1.54, 1.807) is 0 Å². The number of carbonyl (C=O) groups is 1. The van der Waals surface area contributed by atoms with Crippen LogP contribution in [0.4, 0.5) is 18.0 Å². The topological polar surface area (TPSA) is 61.8 Å². The van der Waals surface area contributed by atoms with Crippen molar-refractivity contribution in [2.24, 2.45) is 0 Å². The van der Waals surface area contributed by atoms with Gasteiger partial charge in [0.1, 0.15) is 0 Å². The first kappa shape index (κ1) is 15.4. The Labute approximate surface area is 115 Å². The van der Waals surface area contributed by atoms with Crippen LogP contribution in [0.15, 0.2) is 0 Å². The quantitative estimate of drug-likeness (QED) is 0.766. The molecule has 0 saturated carbocycles. The van der Waals surface area contributed by atoms with E-state index >= 15 is 0 Å². The van der Waals surface area contributed by atoms with E-state index in [0.29, 0.717) is 13.0 Å². The van der Waals surface area contributed by atoms with Crippen LogP contribution < -0.4 is 5.32 Å². The third-order valence-corrected chi connectivity index (χ3v) is 4.09. The molecule has 2 saturated heterocycles. The molecule has 0 radical (unpaired) electrons. The van der Waals surface area contributed by atoms with E-state index in [2.05, 4.69) is 5.32 Å². The van der Waals surface area contributed by atoms with Crippen molar-refractivity contribution in [3.05, 3.63) is 0 Å². The maximum atomic E-state index is 12.6. The number of alkyl halides is 3. The lowest BCUT2D eigenvalue weighted by Crippen LogP contribution is -2.57. The first-order valence-corrected chi connectivity index (χ1v) is 6.69. The van der Waals surface area contributed by atoms with Gasteiger partial charge in [-0.25, -0.2) is 4.79 Å². The molecule has 2 aliphatic heterocycles. The lowest BCUT2D eigenvalue weighted by molar-refractivity contribution is -0.271. The van der Waals surface area contributed by atoms with Crippen molar-refractivity contribution in [2.75, 3.05) is 19.7 Å². The number of rotatable bonds is 1. The largest absolute Gasteiger partial charge is 0.417 e. The Bertz CT molecular complexity index is 367. The highest BCUT2D eigenvalue weighted by molar-refractivity contribution is 5.74. The Morgan fingerprint density at radius 3 is 2.45 bits per heavy atom. The van der Waals surface area contributed by atoms with Crippen molar-refractivity contribution >= 4 is 6.03 Å². The lowest BCUT2D eigenvalue weighted by Gasteiger charge is -2.39. The fourth-order valence-electron chi connectivity index (χ4n) is 2.53. The summed E-state index contributed by atoms with van der Waals surface area (Å²) >= 11 is 0. The number of amides is 2. The fourth-order valence-corrected chi connectivity index (χ4v) is 2.53. The molecular weight excluding hydrogens is 277 g/mol. The van der Waals surface area contributed by atoms with E-state index in [4.69, 9.17) is 4.74 Å². The number of hydrogen-bond donors (Lipinski definition) is 2. The SMILES string of the molecule is C[C@@H]1OCC[C@H]1NC(=O)N1CCC(O)(C(F)(F)F)CC1. The summed E-state index contributed by atoms with van der Waals surface area (Å²) < 4.78 is 43.3. The highest BCUT2D eigenvalue weighted by Crippen LogP contribution is 2.38.